The number of amides is 1. The van der Waals surface area contributed by atoms with E-state index in [1.165, 1.54) is 6.08 Å². The van der Waals surface area contributed by atoms with E-state index in [1.54, 1.807) is 19.9 Å². The Labute approximate surface area is 113 Å². The van der Waals surface area contributed by atoms with Gasteiger partial charge in [-0.25, -0.2) is 4.79 Å². The van der Waals surface area contributed by atoms with Gasteiger partial charge in [-0.1, -0.05) is 38.1 Å². The predicted molar refractivity (Wildman–Crippen MR) is 74.6 cm³/mol. The van der Waals surface area contributed by atoms with Crippen LogP contribution in [-0.2, 0) is 9.59 Å². The largest absolute Gasteiger partial charge is 0.480 e. The van der Waals surface area contributed by atoms with Crippen molar-refractivity contribution in [2.24, 2.45) is 5.92 Å². The molecule has 0 spiro atoms. The maximum absolute atomic E-state index is 11.7. The summed E-state index contributed by atoms with van der Waals surface area (Å²) in [7, 11) is 0. The van der Waals surface area contributed by atoms with Crippen molar-refractivity contribution < 1.29 is 14.7 Å². The number of carboxylic acid groups (broad SMARTS) is 1. The second kappa shape index (κ2) is 6.73. The minimum absolute atomic E-state index is 0.159. The van der Waals surface area contributed by atoms with Crippen LogP contribution in [0.3, 0.4) is 0 Å². The number of carboxylic acids is 1. The molecule has 0 saturated heterocycles. The van der Waals surface area contributed by atoms with Crippen molar-refractivity contribution in [2.75, 3.05) is 0 Å². The normalized spacial score (nSPS) is 12.6. The molecule has 1 aromatic rings. The summed E-state index contributed by atoms with van der Waals surface area (Å²) >= 11 is 0. The summed E-state index contributed by atoms with van der Waals surface area (Å²) in [6.07, 6.45) is 3.05. The smallest absolute Gasteiger partial charge is 0.326 e. The first kappa shape index (κ1) is 15.0. The van der Waals surface area contributed by atoms with Crippen LogP contribution in [0.2, 0.25) is 0 Å². The molecule has 0 aliphatic carbocycles. The Morgan fingerprint density at radius 2 is 1.89 bits per heavy atom. The zero-order valence-corrected chi connectivity index (χ0v) is 11.4. The second-order valence-electron chi connectivity index (χ2n) is 4.76. The van der Waals surface area contributed by atoms with Gasteiger partial charge in [-0.15, -0.1) is 0 Å². The van der Waals surface area contributed by atoms with Crippen LogP contribution in [0.4, 0.5) is 0 Å². The summed E-state index contributed by atoms with van der Waals surface area (Å²) < 4.78 is 0. The van der Waals surface area contributed by atoms with E-state index in [0.717, 1.165) is 11.1 Å². The Balaban J connectivity index is 2.70. The van der Waals surface area contributed by atoms with Crippen LogP contribution < -0.4 is 5.32 Å². The van der Waals surface area contributed by atoms with Gasteiger partial charge in [-0.05, 0) is 30.0 Å². The molecule has 2 N–H and O–H groups in total. The van der Waals surface area contributed by atoms with Gasteiger partial charge in [0.25, 0.3) is 0 Å². The number of aryl methyl sites for hydroxylation is 1. The maximum Gasteiger partial charge on any atom is 0.326 e. The molecule has 1 aromatic carbocycles. The summed E-state index contributed by atoms with van der Waals surface area (Å²) in [4.78, 5) is 22.7. The van der Waals surface area contributed by atoms with E-state index in [1.807, 2.05) is 31.2 Å². The SMILES string of the molecule is Cc1ccccc1C=CC(=O)N[C@@H](C(=O)O)C(C)C. The highest BCUT2D eigenvalue weighted by Crippen LogP contribution is 2.09. The summed E-state index contributed by atoms with van der Waals surface area (Å²) in [6.45, 7) is 5.46. The molecule has 0 unspecified atom stereocenters. The van der Waals surface area contributed by atoms with Crippen LogP contribution in [0, 0.1) is 12.8 Å². The molecule has 1 amide bonds. The lowest BCUT2D eigenvalue weighted by Gasteiger charge is -2.16. The van der Waals surface area contributed by atoms with E-state index >= 15 is 0 Å². The molecule has 1 rings (SSSR count). The fourth-order valence-corrected chi connectivity index (χ4v) is 1.65. The van der Waals surface area contributed by atoms with Gasteiger partial charge < -0.3 is 10.4 Å². The summed E-state index contributed by atoms with van der Waals surface area (Å²) in [5.74, 6) is -1.58. The van der Waals surface area contributed by atoms with E-state index in [2.05, 4.69) is 5.32 Å². The van der Waals surface area contributed by atoms with E-state index in [9.17, 15) is 9.59 Å². The minimum atomic E-state index is -1.02. The van der Waals surface area contributed by atoms with Crippen molar-refractivity contribution in [3.8, 4) is 0 Å². The number of carbonyl (C=O) groups is 2. The molecule has 0 heterocycles. The molecule has 0 aromatic heterocycles. The number of carbonyl (C=O) groups excluding carboxylic acids is 1. The number of hydrogen-bond donors (Lipinski definition) is 2. The number of aliphatic carboxylic acids is 1. The predicted octanol–water partition coefficient (Wildman–Crippen LogP) is 2.23. The summed E-state index contributed by atoms with van der Waals surface area (Å²) in [5.41, 5.74) is 2.00. The Hall–Kier alpha value is -2.10. The molecular weight excluding hydrogens is 242 g/mol. The Bertz CT molecular complexity index is 492. The number of nitrogens with one attached hydrogen (secondary N) is 1. The number of benzene rings is 1. The van der Waals surface area contributed by atoms with Crippen molar-refractivity contribution in [2.45, 2.75) is 26.8 Å². The van der Waals surface area contributed by atoms with Gasteiger partial charge in [0, 0.05) is 6.08 Å². The van der Waals surface area contributed by atoms with Crippen molar-refractivity contribution in [3.63, 3.8) is 0 Å². The van der Waals surface area contributed by atoms with Crippen LogP contribution in [0.1, 0.15) is 25.0 Å². The topological polar surface area (TPSA) is 66.4 Å². The van der Waals surface area contributed by atoms with Gasteiger partial charge in [0.05, 0.1) is 0 Å². The molecule has 19 heavy (non-hydrogen) atoms. The fourth-order valence-electron chi connectivity index (χ4n) is 1.65. The summed E-state index contributed by atoms with van der Waals surface area (Å²) in [6, 6.07) is 6.79. The van der Waals surface area contributed by atoms with Crippen LogP contribution in [0.5, 0.6) is 0 Å². The third kappa shape index (κ3) is 4.58. The van der Waals surface area contributed by atoms with E-state index in [0.29, 0.717) is 0 Å². The Morgan fingerprint density at radius 3 is 2.42 bits per heavy atom. The molecule has 0 saturated carbocycles. The molecule has 4 nitrogen and oxygen atoms in total. The zero-order chi connectivity index (χ0) is 14.4. The average molecular weight is 261 g/mol. The highest BCUT2D eigenvalue weighted by Gasteiger charge is 2.22. The van der Waals surface area contributed by atoms with Crippen LogP contribution >= 0.6 is 0 Å². The third-order valence-corrected chi connectivity index (χ3v) is 2.83. The van der Waals surface area contributed by atoms with Crippen molar-refractivity contribution in [1.82, 2.24) is 5.32 Å². The zero-order valence-electron chi connectivity index (χ0n) is 11.4. The van der Waals surface area contributed by atoms with Gasteiger partial charge in [-0.3, -0.25) is 4.79 Å². The highest BCUT2D eigenvalue weighted by atomic mass is 16.4. The lowest BCUT2D eigenvalue weighted by atomic mass is 10.0. The standard InChI is InChI=1S/C15H19NO3/c1-10(2)14(15(18)19)16-13(17)9-8-12-7-5-4-6-11(12)3/h4-10,14H,1-3H3,(H,16,17)(H,18,19)/t14-/m1/s1. The summed E-state index contributed by atoms with van der Waals surface area (Å²) in [5, 5.41) is 11.5. The van der Waals surface area contributed by atoms with Gasteiger partial charge in [0.15, 0.2) is 0 Å². The van der Waals surface area contributed by atoms with E-state index < -0.39 is 17.9 Å². The van der Waals surface area contributed by atoms with Crippen LogP contribution in [0.15, 0.2) is 30.3 Å². The molecule has 102 valence electrons. The molecule has 0 fully saturated rings. The van der Waals surface area contributed by atoms with Gasteiger partial charge in [-0.2, -0.15) is 0 Å². The molecule has 0 aliphatic rings. The first-order valence-corrected chi connectivity index (χ1v) is 6.19. The lowest BCUT2D eigenvalue weighted by molar-refractivity contribution is -0.142. The van der Waals surface area contributed by atoms with Crippen molar-refractivity contribution >= 4 is 18.0 Å². The molecule has 0 bridgehead atoms. The van der Waals surface area contributed by atoms with Gasteiger partial charge in [0.2, 0.25) is 5.91 Å². The van der Waals surface area contributed by atoms with Crippen molar-refractivity contribution in [3.05, 3.63) is 41.5 Å². The Morgan fingerprint density at radius 1 is 1.26 bits per heavy atom. The molecular formula is C15H19NO3. The number of hydrogen-bond acceptors (Lipinski definition) is 2. The molecule has 0 radical (unpaired) electrons. The maximum atomic E-state index is 11.7. The second-order valence-corrected chi connectivity index (χ2v) is 4.76. The molecule has 4 heteroatoms. The molecule has 1 atom stereocenters. The van der Waals surface area contributed by atoms with Gasteiger partial charge >= 0.3 is 5.97 Å². The van der Waals surface area contributed by atoms with Crippen LogP contribution in [0.25, 0.3) is 6.08 Å². The first-order valence-electron chi connectivity index (χ1n) is 6.19. The van der Waals surface area contributed by atoms with Crippen molar-refractivity contribution in [1.29, 1.82) is 0 Å². The lowest BCUT2D eigenvalue weighted by Crippen LogP contribution is -2.43. The number of rotatable bonds is 5. The minimum Gasteiger partial charge on any atom is -0.480 e. The van der Waals surface area contributed by atoms with Crippen LogP contribution in [-0.4, -0.2) is 23.0 Å². The molecule has 0 aliphatic heterocycles. The quantitative estimate of drug-likeness (QED) is 0.799. The average Bonchev–Trinajstić information content (AvgIpc) is 2.34. The van der Waals surface area contributed by atoms with Gasteiger partial charge in [0.1, 0.15) is 6.04 Å². The van der Waals surface area contributed by atoms with E-state index in [-0.39, 0.29) is 5.92 Å². The third-order valence-electron chi connectivity index (χ3n) is 2.83. The Kier molecular flexibility index (Phi) is 5.30. The highest BCUT2D eigenvalue weighted by molar-refractivity contribution is 5.94. The fraction of sp³-hybridized carbons (Fsp3) is 0.333. The monoisotopic (exact) mass is 261 g/mol. The van der Waals surface area contributed by atoms with E-state index in [4.69, 9.17) is 5.11 Å². The first-order chi connectivity index (χ1) is 8.91.